The van der Waals surface area contributed by atoms with Crippen LogP contribution in [0.25, 0.3) is 0 Å². The van der Waals surface area contributed by atoms with E-state index in [0.717, 1.165) is 11.5 Å². The van der Waals surface area contributed by atoms with E-state index in [0.29, 0.717) is 4.58 Å². The molecule has 0 aromatic heterocycles. The third-order valence-electron chi connectivity index (χ3n) is 3.15. The fourth-order valence-corrected chi connectivity index (χ4v) is 5.00. The van der Waals surface area contributed by atoms with Crippen molar-refractivity contribution in [3.63, 3.8) is 0 Å². The van der Waals surface area contributed by atoms with Crippen LogP contribution in [0.2, 0.25) is 0 Å². The van der Waals surface area contributed by atoms with Crippen molar-refractivity contribution in [3.05, 3.63) is 0 Å². The average Bonchev–Trinajstić information content (AvgIpc) is 2.36. The summed E-state index contributed by atoms with van der Waals surface area (Å²) in [7, 11) is 0. The van der Waals surface area contributed by atoms with Crippen LogP contribution in [0.5, 0.6) is 0 Å². The molecule has 3 nitrogen and oxygen atoms in total. The zero-order valence-electron chi connectivity index (χ0n) is 9.87. The zero-order valence-corrected chi connectivity index (χ0v) is 11.5. The standard InChI is InChI=1S/C11H22O3S2/c1-7(9(13)6-12)10(14)8(2)11-15-4-3-5-16-11/h7-14H,3-6H2,1-2H3/t7-,8+,9+,10-/m0/s1. The van der Waals surface area contributed by atoms with Gasteiger partial charge >= 0.3 is 0 Å². The highest BCUT2D eigenvalue weighted by molar-refractivity contribution is 8.17. The predicted molar refractivity (Wildman–Crippen MR) is 70.7 cm³/mol. The number of thioether (sulfide) groups is 2. The first-order valence-corrected chi connectivity index (χ1v) is 7.88. The van der Waals surface area contributed by atoms with Crippen molar-refractivity contribution >= 4 is 23.5 Å². The van der Waals surface area contributed by atoms with Gasteiger partial charge in [0.05, 0.1) is 23.4 Å². The van der Waals surface area contributed by atoms with Gasteiger partial charge in [0.15, 0.2) is 0 Å². The molecule has 5 heteroatoms. The maximum atomic E-state index is 10.1. The van der Waals surface area contributed by atoms with E-state index in [1.54, 1.807) is 6.92 Å². The summed E-state index contributed by atoms with van der Waals surface area (Å²) in [5.74, 6) is 2.19. The van der Waals surface area contributed by atoms with Crippen molar-refractivity contribution in [2.75, 3.05) is 18.1 Å². The van der Waals surface area contributed by atoms with Crippen molar-refractivity contribution in [2.24, 2.45) is 11.8 Å². The van der Waals surface area contributed by atoms with Gasteiger partial charge in [0.1, 0.15) is 0 Å². The average molecular weight is 266 g/mol. The summed E-state index contributed by atoms with van der Waals surface area (Å²) in [4.78, 5) is 0. The van der Waals surface area contributed by atoms with Gasteiger partial charge in [-0.3, -0.25) is 0 Å². The molecule has 0 aromatic rings. The molecule has 3 N–H and O–H groups in total. The van der Waals surface area contributed by atoms with Crippen molar-refractivity contribution in [1.29, 1.82) is 0 Å². The van der Waals surface area contributed by atoms with Gasteiger partial charge < -0.3 is 15.3 Å². The minimum atomic E-state index is -0.823. The van der Waals surface area contributed by atoms with E-state index in [2.05, 4.69) is 0 Å². The van der Waals surface area contributed by atoms with E-state index in [9.17, 15) is 10.2 Å². The molecule has 16 heavy (non-hydrogen) atoms. The van der Waals surface area contributed by atoms with Gasteiger partial charge in [0.25, 0.3) is 0 Å². The Kier molecular flexibility index (Phi) is 6.51. The van der Waals surface area contributed by atoms with Crippen molar-refractivity contribution in [3.8, 4) is 0 Å². The Labute approximate surface area is 106 Å². The lowest BCUT2D eigenvalue weighted by atomic mass is 9.90. The summed E-state index contributed by atoms with van der Waals surface area (Å²) < 4.78 is 0.414. The number of aliphatic hydroxyl groups excluding tert-OH is 3. The van der Waals surface area contributed by atoms with Crippen LogP contribution in [-0.2, 0) is 0 Å². The first kappa shape index (κ1) is 14.6. The lowest BCUT2D eigenvalue weighted by Gasteiger charge is -2.34. The third-order valence-corrected chi connectivity index (χ3v) is 6.53. The Morgan fingerprint density at radius 3 is 2.25 bits per heavy atom. The Bertz CT molecular complexity index is 192. The molecule has 4 atom stereocenters. The molecule has 1 aliphatic heterocycles. The number of hydrogen-bond acceptors (Lipinski definition) is 5. The molecule has 0 radical (unpaired) electrons. The van der Waals surface area contributed by atoms with Gasteiger partial charge in [-0.05, 0) is 17.9 Å². The highest BCUT2D eigenvalue weighted by Gasteiger charge is 2.32. The summed E-state index contributed by atoms with van der Waals surface area (Å²) >= 11 is 3.79. The van der Waals surface area contributed by atoms with E-state index in [1.165, 1.54) is 6.42 Å². The van der Waals surface area contributed by atoms with E-state index >= 15 is 0 Å². The Balaban J connectivity index is 2.47. The van der Waals surface area contributed by atoms with Gasteiger partial charge in [-0.15, -0.1) is 23.5 Å². The van der Waals surface area contributed by atoms with Crippen LogP contribution in [0.4, 0.5) is 0 Å². The second-order valence-electron chi connectivity index (χ2n) is 4.42. The topological polar surface area (TPSA) is 60.7 Å². The van der Waals surface area contributed by atoms with Gasteiger partial charge in [-0.1, -0.05) is 13.8 Å². The molecule has 1 heterocycles. The molecule has 0 bridgehead atoms. The summed E-state index contributed by atoms with van der Waals surface area (Å²) in [6, 6.07) is 0. The Morgan fingerprint density at radius 2 is 1.75 bits per heavy atom. The van der Waals surface area contributed by atoms with Crippen LogP contribution < -0.4 is 0 Å². The van der Waals surface area contributed by atoms with Crippen molar-refractivity contribution in [1.82, 2.24) is 0 Å². The minimum Gasteiger partial charge on any atom is -0.394 e. The van der Waals surface area contributed by atoms with E-state index in [4.69, 9.17) is 5.11 Å². The third kappa shape index (κ3) is 3.81. The molecule has 1 saturated heterocycles. The summed E-state index contributed by atoms with van der Waals surface area (Å²) in [6.45, 7) is 3.54. The summed E-state index contributed by atoms with van der Waals surface area (Å²) in [5.41, 5.74) is 0. The molecule has 0 amide bonds. The molecule has 1 aliphatic rings. The normalized spacial score (nSPS) is 26.1. The number of aliphatic hydroxyl groups is 3. The molecule has 0 spiro atoms. The lowest BCUT2D eigenvalue weighted by molar-refractivity contribution is -0.0257. The second kappa shape index (κ2) is 7.11. The zero-order chi connectivity index (χ0) is 12.1. The molecule has 0 unspecified atom stereocenters. The first-order valence-electron chi connectivity index (χ1n) is 5.78. The SMILES string of the molecule is C[C@H]([C@H](O)[C@@H](C)C1SCCCS1)[C@H](O)CO. The van der Waals surface area contributed by atoms with E-state index in [1.807, 2.05) is 30.4 Å². The van der Waals surface area contributed by atoms with Crippen LogP contribution >= 0.6 is 23.5 Å². The highest BCUT2D eigenvalue weighted by Crippen LogP contribution is 2.38. The van der Waals surface area contributed by atoms with Gasteiger partial charge in [-0.25, -0.2) is 0 Å². The highest BCUT2D eigenvalue weighted by atomic mass is 32.2. The first-order chi connectivity index (χ1) is 7.57. The second-order valence-corrected chi connectivity index (χ2v) is 7.22. The minimum absolute atomic E-state index is 0.145. The van der Waals surface area contributed by atoms with E-state index < -0.39 is 12.2 Å². The molecule has 0 aliphatic carbocycles. The smallest absolute Gasteiger partial charge is 0.0821 e. The van der Waals surface area contributed by atoms with Crippen LogP contribution in [-0.4, -0.2) is 50.2 Å². The maximum Gasteiger partial charge on any atom is 0.0821 e. The fraction of sp³-hybridized carbons (Fsp3) is 1.00. The molecule has 1 fully saturated rings. The Hall–Kier alpha value is 0.580. The predicted octanol–water partition coefficient (Wildman–Crippen LogP) is 1.17. The number of rotatable bonds is 5. The maximum absolute atomic E-state index is 10.1. The fourth-order valence-electron chi connectivity index (χ4n) is 1.84. The summed E-state index contributed by atoms with van der Waals surface area (Å²) in [5, 5.41) is 28.5. The lowest BCUT2D eigenvalue weighted by Crippen LogP contribution is -2.39. The van der Waals surface area contributed by atoms with Crippen LogP contribution in [0.15, 0.2) is 0 Å². The van der Waals surface area contributed by atoms with E-state index in [-0.39, 0.29) is 18.4 Å². The molecular weight excluding hydrogens is 244 g/mol. The van der Waals surface area contributed by atoms with Crippen molar-refractivity contribution in [2.45, 2.75) is 37.1 Å². The van der Waals surface area contributed by atoms with Gasteiger partial charge in [0.2, 0.25) is 0 Å². The van der Waals surface area contributed by atoms with Gasteiger partial charge in [-0.2, -0.15) is 0 Å². The molecular formula is C11H22O3S2. The molecule has 0 aromatic carbocycles. The van der Waals surface area contributed by atoms with Crippen LogP contribution in [0, 0.1) is 11.8 Å². The largest absolute Gasteiger partial charge is 0.394 e. The number of hydrogen-bond donors (Lipinski definition) is 3. The molecule has 96 valence electrons. The van der Waals surface area contributed by atoms with Crippen LogP contribution in [0.1, 0.15) is 20.3 Å². The monoisotopic (exact) mass is 266 g/mol. The quantitative estimate of drug-likeness (QED) is 0.697. The summed E-state index contributed by atoms with van der Waals surface area (Å²) in [6.07, 6.45) is -0.134. The van der Waals surface area contributed by atoms with Gasteiger partial charge in [0, 0.05) is 11.8 Å². The molecule has 0 saturated carbocycles. The Morgan fingerprint density at radius 1 is 1.19 bits per heavy atom. The van der Waals surface area contributed by atoms with Crippen molar-refractivity contribution < 1.29 is 15.3 Å². The van der Waals surface area contributed by atoms with Crippen LogP contribution in [0.3, 0.4) is 0 Å². The molecule has 1 rings (SSSR count).